The maximum Gasteiger partial charge on any atom is 0.273 e. The van der Waals surface area contributed by atoms with E-state index in [1.807, 2.05) is 61.3 Å². The number of aryl methyl sites for hydroxylation is 1. The van der Waals surface area contributed by atoms with Crippen LogP contribution in [0.2, 0.25) is 0 Å². The Morgan fingerprint density at radius 1 is 1.07 bits per heavy atom. The highest BCUT2D eigenvalue weighted by Gasteiger charge is 2.27. The van der Waals surface area contributed by atoms with Crippen molar-refractivity contribution in [2.24, 2.45) is 5.92 Å². The molecule has 41 heavy (non-hydrogen) atoms. The molecule has 0 N–H and O–H groups in total. The number of benzene rings is 2. The molecule has 3 aromatic rings. The highest BCUT2D eigenvalue weighted by Crippen LogP contribution is 2.22. The molecule has 1 aromatic heterocycles. The highest BCUT2D eigenvalue weighted by atomic mass is 16.6. The SMILES string of the molecule is CC[C@H](C)N(Cc1cccn1Cc1cccc(OC)c1)C(=O)CN(CCC(C)C)C(=O)c1ccc(C)c([N+](=O)[O-])c1. The van der Waals surface area contributed by atoms with Crippen molar-refractivity contribution in [3.05, 3.63) is 93.3 Å². The molecule has 0 aliphatic rings. The molecule has 0 radical (unpaired) electrons. The lowest BCUT2D eigenvalue weighted by Gasteiger charge is -2.32. The van der Waals surface area contributed by atoms with Crippen molar-refractivity contribution in [2.75, 3.05) is 20.2 Å². The molecule has 1 heterocycles. The summed E-state index contributed by atoms with van der Waals surface area (Å²) in [7, 11) is 1.64. The van der Waals surface area contributed by atoms with E-state index in [0.717, 1.165) is 23.4 Å². The lowest BCUT2D eigenvalue weighted by atomic mass is 10.1. The van der Waals surface area contributed by atoms with E-state index in [2.05, 4.69) is 18.4 Å². The van der Waals surface area contributed by atoms with Gasteiger partial charge in [0.25, 0.3) is 11.6 Å². The lowest BCUT2D eigenvalue weighted by Crippen LogP contribution is -2.46. The average Bonchev–Trinajstić information content (AvgIpc) is 3.39. The first kappa shape index (κ1) is 31.4. The number of nitrogens with zero attached hydrogens (tertiary/aromatic N) is 4. The maximum atomic E-state index is 13.8. The quantitative estimate of drug-likeness (QED) is 0.175. The van der Waals surface area contributed by atoms with E-state index in [1.54, 1.807) is 26.2 Å². The number of aromatic nitrogens is 1. The molecule has 2 aromatic carbocycles. The zero-order valence-electron chi connectivity index (χ0n) is 25.0. The van der Waals surface area contributed by atoms with E-state index in [0.29, 0.717) is 37.5 Å². The summed E-state index contributed by atoms with van der Waals surface area (Å²) in [6, 6.07) is 16.3. The zero-order chi connectivity index (χ0) is 30.1. The van der Waals surface area contributed by atoms with Crippen LogP contribution in [-0.4, -0.2) is 57.3 Å². The summed E-state index contributed by atoms with van der Waals surface area (Å²) < 4.78 is 7.48. The monoisotopic (exact) mass is 562 g/mol. The van der Waals surface area contributed by atoms with Crippen LogP contribution in [0.25, 0.3) is 0 Å². The first-order chi connectivity index (χ1) is 19.5. The molecule has 0 unspecified atom stereocenters. The molecule has 0 saturated carbocycles. The number of ether oxygens (including phenoxy) is 1. The lowest BCUT2D eigenvalue weighted by molar-refractivity contribution is -0.385. The van der Waals surface area contributed by atoms with Crippen molar-refractivity contribution >= 4 is 17.5 Å². The standard InChI is InChI=1S/C32H42N4O5/c1-7-25(5)35(21-28-11-9-16-33(28)20-26-10-8-12-29(18-26)41-6)31(37)22-34(17-15-23(2)3)32(38)27-14-13-24(4)30(19-27)36(39)40/h8-14,16,18-19,23,25H,7,15,17,20-22H2,1-6H3/t25-/m0/s1. The number of hydrogen-bond acceptors (Lipinski definition) is 5. The van der Waals surface area contributed by atoms with E-state index in [9.17, 15) is 19.7 Å². The predicted molar refractivity (Wildman–Crippen MR) is 160 cm³/mol. The van der Waals surface area contributed by atoms with Crippen LogP contribution in [0.3, 0.4) is 0 Å². The molecule has 3 rings (SSSR count). The van der Waals surface area contributed by atoms with Crippen molar-refractivity contribution in [1.29, 1.82) is 0 Å². The number of nitro groups is 1. The van der Waals surface area contributed by atoms with Gasteiger partial charge in [-0.05, 0) is 68.5 Å². The first-order valence-electron chi connectivity index (χ1n) is 14.1. The second-order valence-corrected chi connectivity index (χ2v) is 10.9. The van der Waals surface area contributed by atoms with Crippen molar-refractivity contribution in [1.82, 2.24) is 14.4 Å². The third-order valence-corrected chi connectivity index (χ3v) is 7.43. The van der Waals surface area contributed by atoms with Gasteiger partial charge in [-0.15, -0.1) is 0 Å². The number of methoxy groups -OCH3 is 1. The number of carbonyl (C=O) groups is 2. The maximum absolute atomic E-state index is 13.8. The molecular weight excluding hydrogens is 520 g/mol. The van der Waals surface area contributed by atoms with Crippen LogP contribution in [-0.2, 0) is 17.9 Å². The van der Waals surface area contributed by atoms with Crippen LogP contribution in [0, 0.1) is 23.0 Å². The fraction of sp³-hybridized carbons (Fsp3) is 0.438. The Kier molecular flexibility index (Phi) is 11.1. The minimum absolute atomic E-state index is 0.0508. The van der Waals surface area contributed by atoms with Gasteiger partial charge in [0.2, 0.25) is 5.91 Å². The zero-order valence-corrected chi connectivity index (χ0v) is 25.0. The molecule has 0 aliphatic carbocycles. The number of amides is 2. The molecule has 0 spiro atoms. The van der Waals surface area contributed by atoms with Gasteiger partial charge in [0.15, 0.2) is 0 Å². The summed E-state index contributed by atoms with van der Waals surface area (Å²) in [4.78, 5) is 41.8. The molecule has 0 bridgehead atoms. The van der Waals surface area contributed by atoms with Crippen LogP contribution >= 0.6 is 0 Å². The number of hydrogen-bond donors (Lipinski definition) is 0. The van der Waals surface area contributed by atoms with Gasteiger partial charge in [0.05, 0.1) is 18.6 Å². The predicted octanol–water partition coefficient (Wildman–Crippen LogP) is 6.08. The van der Waals surface area contributed by atoms with Gasteiger partial charge in [0, 0.05) is 48.2 Å². The van der Waals surface area contributed by atoms with Gasteiger partial charge in [-0.25, -0.2) is 0 Å². The summed E-state index contributed by atoms with van der Waals surface area (Å²) in [5, 5.41) is 11.5. The van der Waals surface area contributed by atoms with Gasteiger partial charge < -0.3 is 19.1 Å². The minimum atomic E-state index is -0.485. The summed E-state index contributed by atoms with van der Waals surface area (Å²) >= 11 is 0. The Balaban J connectivity index is 1.84. The second-order valence-electron chi connectivity index (χ2n) is 10.9. The summed E-state index contributed by atoms with van der Waals surface area (Å²) in [5.41, 5.74) is 2.65. The molecule has 2 amide bonds. The van der Waals surface area contributed by atoms with Gasteiger partial charge in [-0.2, -0.15) is 0 Å². The number of rotatable bonds is 14. The van der Waals surface area contributed by atoms with E-state index >= 15 is 0 Å². The van der Waals surface area contributed by atoms with Crippen LogP contribution in [0.5, 0.6) is 5.75 Å². The molecule has 1 atom stereocenters. The summed E-state index contributed by atoms with van der Waals surface area (Å²) in [6.45, 7) is 11.1. The van der Waals surface area contributed by atoms with Crippen LogP contribution < -0.4 is 4.74 Å². The third-order valence-electron chi connectivity index (χ3n) is 7.43. The Hall–Kier alpha value is -4.14. The van der Waals surface area contributed by atoms with Gasteiger partial charge in [-0.3, -0.25) is 19.7 Å². The largest absolute Gasteiger partial charge is 0.497 e. The normalized spacial score (nSPS) is 11.8. The van der Waals surface area contributed by atoms with Crippen LogP contribution in [0.4, 0.5) is 5.69 Å². The molecular formula is C32H42N4O5. The molecule has 0 saturated heterocycles. The van der Waals surface area contributed by atoms with E-state index in [-0.39, 0.29) is 35.7 Å². The van der Waals surface area contributed by atoms with E-state index in [1.165, 1.54) is 11.0 Å². The average molecular weight is 563 g/mol. The van der Waals surface area contributed by atoms with Gasteiger partial charge >= 0.3 is 0 Å². The molecule has 9 nitrogen and oxygen atoms in total. The van der Waals surface area contributed by atoms with Gasteiger partial charge in [-0.1, -0.05) is 39.0 Å². The number of nitro benzene ring substituents is 1. The fourth-order valence-corrected chi connectivity index (χ4v) is 4.64. The minimum Gasteiger partial charge on any atom is -0.497 e. The van der Waals surface area contributed by atoms with Crippen molar-refractivity contribution in [3.8, 4) is 5.75 Å². The van der Waals surface area contributed by atoms with Crippen molar-refractivity contribution in [3.63, 3.8) is 0 Å². The molecule has 0 aliphatic heterocycles. The molecule has 0 fully saturated rings. The van der Waals surface area contributed by atoms with Crippen molar-refractivity contribution < 1.29 is 19.2 Å². The van der Waals surface area contributed by atoms with E-state index in [4.69, 9.17) is 4.74 Å². The Bertz CT molecular complexity index is 1350. The smallest absolute Gasteiger partial charge is 0.273 e. The fourth-order valence-electron chi connectivity index (χ4n) is 4.64. The first-order valence-corrected chi connectivity index (χ1v) is 14.1. The summed E-state index contributed by atoms with van der Waals surface area (Å²) in [6.07, 6.45) is 3.46. The van der Waals surface area contributed by atoms with Gasteiger partial charge in [0.1, 0.15) is 12.3 Å². The molecule has 220 valence electrons. The topological polar surface area (TPSA) is 97.9 Å². The van der Waals surface area contributed by atoms with E-state index < -0.39 is 4.92 Å². The second kappa shape index (κ2) is 14.5. The third kappa shape index (κ3) is 8.42. The Morgan fingerprint density at radius 2 is 1.83 bits per heavy atom. The number of carbonyl (C=O) groups excluding carboxylic acids is 2. The Morgan fingerprint density at radius 3 is 2.49 bits per heavy atom. The van der Waals surface area contributed by atoms with Crippen molar-refractivity contribution in [2.45, 2.75) is 66.6 Å². The van der Waals surface area contributed by atoms with Crippen LogP contribution in [0.1, 0.15) is 67.7 Å². The summed E-state index contributed by atoms with van der Waals surface area (Å²) in [5.74, 6) is 0.566. The van der Waals surface area contributed by atoms with Crippen LogP contribution in [0.15, 0.2) is 60.8 Å². The Labute approximate surface area is 242 Å². The molecule has 9 heteroatoms. The highest BCUT2D eigenvalue weighted by molar-refractivity contribution is 5.97.